The Bertz CT molecular complexity index is 361. The largest absolute Gasteiger partial charge is 0.476 e. The van der Waals surface area contributed by atoms with E-state index in [1.165, 1.54) is 12.8 Å². The molecule has 0 radical (unpaired) electrons. The number of nitrogens with two attached hydrogens (primary N) is 1. The molecule has 0 bridgehead atoms. The molecule has 1 aliphatic rings. The fourth-order valence-corrected chi connectivity index (χ4v) is 1.33. The van der Waals surface area contributed by atoms with E-state index in [1.807, 2.05) is 12.1 Å². The van der Waals surface area contributed by atoms with Gasteiger partial charge in [0.1, 0.15) is 5.82 Å². The zero-order valence-electron chi connectivity index (χ0n) is 9.86. The summed E-state index contributed by atoms with van der Waals surface area (Å²) >= 11 is 0. The van der Waals surface area contributed by atoms with Crippen LogP contribution in [0.5, 0.6) is 5.88 Å². The summed E-state index contributed by atoms with van der Waals surface area (Å²) < 4.78 is 5.56. The average molecular weight is 221 g/mol. The predicted octanol–water partition coefficient (Wildman–Crippen LogP) is 2.27. The maximum Gasteiger partial charge on any atom is 0.239 e. The molecule has 1 fully saturated rings. The Kier molecular flexibility index (Phi) is 3.17. The van der Waals surface area contributed by atoms with Crippen LogP contribution in [-0.2, 0) is 0 Å². The zero-order chi connectivity index (χ0) is 11.5. The number of nitrogens with one attached hydrogen (secondary N) is 1. The molecule has 1 aromatic rings. The maximum absolute atomic E-state index is 5.81. The van der Waals surface area contributed by atoms with E-state index in [9.17, 15) is 0 Å². The number of ether oxygens (including phenoxy) is 1. The first-order chi connectivity index (χ1) is 7.65. The third-order valence-corrected chi connectivity index (χ3v) is 2.37. The normalized spacial score (nSPS) is 15.2. The quantitative estimate of drug-likeness (QED) is 0.800. The molecule has 1 saturated carbocycles. The molecule has 0 aromatic carbocycles. The Balaban J connectivity index is 2.02. The van der Waals surface area contributed by atoms with E-state index in [4.69, 9.17) is 10.5 Å². The number of pyridine rings is 1. The third-order valence-electron chi connectivity index (χ3n) is 2.37. The molecule has 0 aliphatic heterocycles. The third kappa shape index (κ3) is 3.02. The molecule has 0 unspecified atom stereocenters. The number of nitrogens with zero attached hydrogens (tertiary/aromatic N) is 1. The van der Waals surface area contributed by atoms with E-state index in [-0.39, 0.29) is 0 Å². The van der Waals surface area contributed by atoms with Gasteiger partial charge in [-0.15, -0.1) is 0 Å². The highest BCUT2D eigenvalue weighted by Crippen LogP contribution is 2.27. The smallest absolute Gasteiger partial charge is 0.239 e. The lowest BCUT2D eigenvalue weighted by molar-refractivity contribution is 0.263. The summed E-state index contributed by atoms with van der Waals surface area (Å²) in [5, 5.41) is 3.32. The van der Waals surface area contributed by atoms with E-state index in [0.717, 1.165) is 5.82 Å². The van der Waals surface area contributed by atoms with Crippen molar-refractivity contribution in [1.82, 2.24) is 4.98 Å². The predicted molar refractivity (Wildman–Crippen MR) is 65.6 cm³/mol. The minimum absolute atomic E-state index is 0.473. The molecule has 0 spiro atoms. The average Bonchev–Trinajstić information content (AvgIpc) is 3.02. The molecule has 4 heteroatoms. The van der Waals surface area contributed by atoms with Crippen LogP contribution in [0.25, 0.3) is 0 Å². The lowest BCUT2D eigenvalue weighted by Crippen LogP contribution is -2.09. The number of anilines is 2. The van der Waals surface area contributed by atoms with E-state index in [1.54, 1.807) is 0 Å². The molecular formula is C12H19N3O. The van der Waals surface area contributed by atoms with Crippen LogP contribution in [0, 0.1) is 5.92 Å². The standard InChI is InChI=1S/C12H19N3O/c1-8(2)7-16-12-10(13)5-6-11(15-12)14-9-3-4-9/h5-6,8-9H,3-4,7,13H2,1-2H3,(H,14,15). The molecule has 1 heterocycles. The monoisotopic (exact) mass is 221 g/mol. The summed E-state index contributed by atoms with van der Waals surface area (Å²) in [6.07, 6.45) is 2.46. The van der Waals surface area contributed by atoms with Crippen LogP contribution in [0.4, 0.5) is 11.5 Å². The molecule has 3 N–H and O–H groups in total. The Morgan fingerprint density at radius 1 is 1.50 bits per heavy atom. The lowest BCUT2D eigenvalue weighted by Gasteiger charge is -2.11. The number of hydrogen-bond acceptors (Lipinski definition) is 4. The van der Waals surface area contributed by atoms with Gasteiger partial charge in [0, 0.05) is 6.04 Å². The van der Waals surface area contributed by atoms with Gasteiger partial charge in [-0.2, -0.15) is 4.98 Å². The Morgan fingerprint density at radius 3 is 2.88 bits per heavy atom. The first-order valence-corrected chi connectivity index (χ1v) is 5.81. The van der Waals surface area contributed by atoms with Crippen LogP contribution in [0.1, 0.15) is 26.7 Å². The fraction of sp³-hybridized carbons (Fsp3) is 0.583. The van der Waals surface area contributed by atoms with Crippen LogP contribution in [0.2, 0.25) is 0 Å². The summed E-state index contributed by atoms with van der Waals surface area (Å²) in [6, 6.07) is 4.33. The van der Waals surface area contributed by atoms with Gasteiger partial charge in [0.2, 0.25) is 5.88 Å². The molecule has 88 valence electrons. The second-order valence-corrected chi connectivity index (χ2v) is 4.71. The number of aromatic nitrogens is 1. The van der Waals surface area contributed by atoms with Gasteiger partial charge in [-0.1, -0.05) is 13.8 Å². The fourth-order valence-electron chi connectivity index (χ4n) is 1.33. The molecule has 4 nitrogen and oxygen atoms in total. The molecule has 0 atom stereocenters. The number of nitrogen functional groups attached to an aromatic ring is 1. The Hall–Kier alpha value is -1.45. The SMILES string of the molecule is CC(C)COc1nc(NC2CC2)ccc1N. The van der Waals surface area contributed by atoms with Crippen molar-refractivity contribution in [3.8, 4) is 5.88 Å². The van der Waals surface area contributed by atoms with Crippen LogP contribution >= 0.6 is 0 Å². The Labute approximate surface area is 96.2 Å². The van der Waals surface area contributed by atoms with E-state index in [0.29, 0.717) is 30.1 Å². The topological polar surface area (TPSA) is 60.2 Å². The van der Waals surface area contributed by atoms with Crippen molar-refractivity contribution in [2.24, 2.45) is 5.92 Å². The van der Waals surface area contributed by atoms with Gasteiger partial charge < -0.3 is 15.8 Å². The summed E-state index contributed by atoms with van der Waals surface area (Å²) in [5.74, 6) is 1.87. The maximum atomic E-state index is 5.81. The van der Waals surface area contributed by atoms with Crippen molar-refractivity contribution in [3.63, 3.8) is 0 Å². The second-order valence-electron chi connectivity index (χ2n) is 4.71. The minimum atomic E-state index is 0.473. The van der Waals surface area contributed by atoms with Crippen molar-refractivity contribution in [1.29, 1.82) is 0 Å². The van der Waals surface area contributed by atoms with E-state index < -0.39 is 0 Å². The van der Waals surface area contributed by atoms with Crippen LogP contribution < -0.4 is 15.8 Å². The molecule has 1 aliphatic carbocycles. The highest BCUT2D eigenvalue weighted by Gasteiger charge is 2.21. The van der Waals surface area contributed by atoms with Gasteiger partial charge in [0.15, 0.2) is 0 Å². The lowest BCUT2D eigenvalue weighted by atomic mass is 10.2. The van der Waals surface area contributed by atoms with E-state index >= 15 is 0 Å². The second kappa shape index (κ2) is 4.60. The zero-order valence-corrected chi connectivity index (χ0v) is 9.86. The summed E-state index contributed by atoms with van der Waals surface area (Å²) in [4.78, 5) is 4.37. The van der Waals surface area contributed by atoms with Gasteiger partial charge >= 0.3 is 0 Å². The Morgan fingerprint density at radius 2 is 2.25 bits per heavy atom. The van der Waals surface area contributed by atoms with E-state index in [2.05, 4.69) is 24.1 Å². The van der Waals surface area contributed by atoms with Crippen LogP contribution in [-0.4, -0.2) is 17.6 Å². The molecule has 0 saturated heterocycles. The van der Waals surface area contributed by atoms with Crippen molar-refractivity contribution in [3.05, 3.63) is 12.1 Å². The first kappa shape index (κ1) is 11.0. The summed E-state index contributed by atoms with van der Waals surface area (Å²) in [5.41, 5.74) is 6.41. The highest BCUT2D eigenvalue weighted by atomic mass is 16.5. The van der Waals surface area contributed by atoms with Crippen molar-refractivity contribution >= 4 is 11.5 Å². The molecular weight excluding hydrogens is 202 g/mol. The highest BCUT2D eigenvalue weighted by molar-refractivity contribution is 5.54. The van der Waals surface area contributed by atoms with Crippen molar-refractivity contribution in [2.75, 3.05) is 17.7 Å². The number of rotatable bonds is 5. The first-order valence-electron chi connectivity index (χ1n) is 5.81. The van der Waals surface area contributed by atoms with Crippen LogP contribution in [0.15, 0.2) is 12.1 Å². The molecule has 1 aromatic heterocycles. The summed E-state index contributed by atoms with van der Waals surface area (Å²) in [6.45, 7) is 4.84. The van der Waals surface area contributed by atoms with Crippen molar-refractivity contribution in [2.45, 2.75) is 32.7 Å². The van der Waals surface area contributed by atoms with Gasteiger partial charge in [0.05, 0.1) is 12.3 Å². The van der Waals surface area contributed by atoms with Gasteiger partial charge in [-0.05, 0) is 30.9 Å². The number of hydrogen-bond donors (Lipinski definition) is 2. The molecule has 0 amide bonds. The van der Waals surface area contributed by atoms with Gasteiger partial charge in [-0.25, -0.2) is 0 Å². The van der Waals surface area contributed by atoms with Crippen LogP contribution in [0.3, 0.4) is 0 Å². The molecule has 2 rings (SSSR count). The van der Waals surface area contributed by atoms with Gasteiger partial charge in [-0.3, -0.25) is 0 Å². The van der Waals surface area contributed by atoms with Gasteiger partial charge in [0.25, 0.3) is 0 Å². The minimum Gasteiger partial charge on any atom is -0.476 e. The van der Waals surface area contributed by atoms with Crippen molar-refractivity contribution < 1.29 is 4.74 Å². The summed E-state index contributed by atoms with van der Waals surface area (Å²) in [7, 11) is 0. The molecule has 16 heavy (non-hydrogen) atoms.